The van der Waals surface area contributed by atoms with Gasteiger partial charge in [-0.3, -0.25) is 0 Å². The molecule has 0 fully saturated rings. The SMILES string of the molecule is COC(=O)C(C#N)N=O. The molecule has 9 heavy (non-hydrogen) atoms. The Labute approximate surface area is 51.2 Å². The summed E-state index contributed by atoms with van der Waals surface area (Å²) in [5, 5.41) is 10.2. The fraction of sp³-hybridized carbons (Fsp3) is 0.500. The molecule has 0 radical (unpaired) electrons. The molecule has 48 valence electrons. The average molecular weight is 128 g/mol. The standard InChI is InChI=1S/C4H4N2O3/c1-9-4(7)3(2-5)6-8/h3H,1H3. The number of nitrogens with zero attached hydrogens (tertiary/aromatic N) is 2. The lowest BCUT2D eigenvalue weighted by Gasteiger charge is -1.93. The average Bonchev–Trinajstić information content (AvgIpc) is 1.90. The van der Waals surface area contributed by atoms with Gasteiger partial charge in [0.15, 0.2) is 0 Å². The van der Waals surface area contributed by atoms with Gasteiger partial charge in [0, 0.05) is 0 Å². The first-order valence-corrected chi connectivity index (χ1v) is 2.06. The minimum atomic E-state index is -1.52. The molecule has 0 aliphatic carbocycles. The van der Waals surface area contributed by atoms with Crippen molar-refractivity contribution in [1.82, 2.24) is 0 Å². The number of rotatable bonds is 2. The number of carbonyl (C=O) groups excluding carboxylic acids is 1. The number of nitroso groups, excluding NO2 is 1. The number of ether oxygens (including phenoxy) is 1. The van der Waals surface area contributed by atoms with Crippen LogP contribution in [-0.2, 0) is 9.53 Å². The molecular formula is C4H4N2O3. The molecule has 0 aromatic carbocycles. The maximum absolute atomic E-state index is 10.2. The highest BCUT2D eigenvalue weighted by atomic mass is 16.5. The molecule has 0 aromatic rings. The van der Waals surface area contributed by atoms with Gasteiger partial charge < -0.3 is 4.74 Å². The fourth-order valence-electron chi connectivity index (χ4n) is 0.231. The third-order valence-corrected chi connectivity index (χ3v) is 0.652. The fourth-order valence-corrected chi connectivity index (χ4v) is 0.231. The van der Waals surface area contributed by atoms with Crippen LogP contribution in [0.2, 0.25) is 0 Å². The first-order chi connectivity index (χ1) is 4.26. The molecule has 5 nitrogen and oxygen atoms in total. The van der Waals surface area contributed by atoms with E-state index in [9.17, 15) is 9.70 Å². The Morgan fingerprint density at radius 1 is 1.89 bits per heavy atom. The molecule has 0 spiro atoms. The zero-order chi connectivity index (χ0) is 7.28. The van der Waals surface area contributed by atoms with Crippen LogP contribution >= 0.6 is 0 Å². The molecule has 0 amide bonds. The number of esters is 1. The van der Waals surface area contributed by atoms with E-state index in [2.05, 4.69) is 9.91 Å². The summed E-state index contributed by atoms with van der Waals surface area (Å²) in [5.74, 6) is -0.924. The Morgan fingerprint density at radius 3 is 2.56 bits per heavy atom. The zero-order valence-electron chi connectivity index (χ0n) is 4.70. The van der Waals surface area contributed by atoms with Gasteiger partial charge in [0.2, 0.25) is 0 Å². The number of hydrogen-bond acceptors (Lipinski definition) is 5. The van der Waals surface area contributed by atoms with Gasteiger partial charge in [-0.15, -0.1) is 4.91 Å². The predicted molar refractivity (Wildman–Crippen MR) is 27.2 cm³/mol. The van der Waals surface area contributed by atoms with Gasteiger partial charge in [-0.2, -0.15) is 5.26 Å². The lowest BCUT2D eigenvalue weighted by atomic mass is 10.4. The van der Waals surface area contributed by atoms with Crippen LogP contribution in [0, 0.1) is 16.2 Å². The van der Waals surface area contributed by atoms with Gasteiger partial charge in [-0.05, 0) is 5.18 Å². The topological polar surface area (TPSA) is 79.5 Å². The normalized spacial score (nSPS) is 11.1. The minimum Gasteiger partial charge on any atom is -0.467 e. The van der Waals surface area contributed by atoms with Crippen LogP contribution in [-0.4, -0.2) is 19.1 Å². The van der Waals surface area contributed by atoms with Gasteiger partial charge in [-0.25, -0.2) is 4.79 Å². The van der Waals surface area contributed by atoms with E-state index in [4.69, 9.17) is 5.26 Å². The molecule has 0 rings (SSSR count). The smallest absolute Gasteiger partial charge is 0.349 e. The van der Waals surface area contributed by atoms with Crippen LogP contribution in [0.5, 0.6) is 0 Å². The van der Waals surface area contributed by atoms with Gasteiger partial charge >= 0.3 is 5.97 Å². The quantitative estimate of drug-likeness (QED) is 0.381. The van der Waals surface area contributed by atoms with Crippen molar-refractivity contribution in [1.29, 1.82) is 5.26 Å². The maximum Gasteiger partial charge on any atom is 0.349 e. The predicted octanol–water partition coefficient (Wildman–Crippen LogP) is -0.182. The Kier molecular flexibility index (Phi) is 2.98. The van der Waals surface area contributed by atoms with Crippen molar-refractivity contribution in [2.24, 2.45) is 5.18 Å². The molecule has 0 aliphatic heterocycles. The molecule has 0 bridgehead atoms. The maximum atomic E-state index is 10.2. The van der Waals surface area contributed by atoms with Crippen molar-refractivity contribution in [2.45, 2.75) is 6.04 Å². The molecule has 1 atom stereocenters. The van der Waals surface area contributed by atoms with E-state index in [1.165, 1.54) is 6.07 Å². The summed E-state index contributed by atoms with van der Waals surface area (Å²) in [7, 11) is 1.08. The van der Waals surface area contributed by atoms with Crippen LogP contribution in [0.4, 0.5) is 0 Å². The van der Waals surface area contributed by atoms with Crippen molar-refractivity contribution in [3.05, 3.63) is 4.91 Å². The van der Waals surface area contributed by atoms with Crippen LogP contribution in [0.1, 0.15) is 0 Å². The number of nitriles is 1. The van der Waals surface area contributed by atoms with Crippen molar-refractivity contribution in [3.8, 4) is 6.07 Å². The highest BCUT2D eigenvalue weighted by Crippen LogP contribution is 1.89. The third kappa shape index (κ3) is 1.86. The van der Waals surface area contributed by atoms with E-state index in [1.807, 2.05) is 0 Å². The summed E-state index contributed by atoms with van der Waals surface area (Å²) < 4.78 is 4.04. The first kappa shape index (κ1) is 7.56. The summed E-state index contributed by atoms with van der Waals surface area (Å²) in [4.78, 5) is 19.8. The van der Waals surface area contributed by atoms with Crippen molar-refractivity contribution < 1.29 is 9.53 Å². The number of methoxy groups -OCH3 is 1. The first-order valence-electron chi connectivity index (χ1n) is 2.06. The largest absolute Gasteiger partial charge is 0.467 e. The van der Waals surface area contributed by atoms with Crippen molar-refractivity contribution in [2.75, 3.05) is 7.11 Å². The Balaban J connectivity index is 3.99. The van der Waals surface area contributed by atoms with E-state index in [-0.39, 0.29) is 0 Å². The van der Waals surface area contributed by atoms with Gasteiger partial charge in [0.1, 0.15) is 6.07 Å². The van der Waals surface area contributed by atoms with Crippen LogP contribution < -0.4 is 0 Å². The molecule has 0 saturated heterocycles. The van der Waals surface area contributed by atoms with E-state index in [0.29, 0.717) is 0 Å². The van der Waals surface area contributed by atoms with E-state index in [1.54, 1.807) is 0 Å². The molecule has 5 heteroatoms. The summed E-state index contributed by atoms with van der Waals surface area (Å²) in [5.41, 5.74) is 0. The van der Waals surface area contributed by atoms with Gasteiger partial charge in [0.05, 0.1) is 7.11 Å². The highest BCUT2D eigenvalue weighted by Gasteiger charge is 2.17. The molecule has 0 heterocycles. The van der Waals surface area contributed by atoms with Crippen molar-refractivity contribution >= 4 is 5.97 Å². The van der Waals surface area contributed by atoms with E-state index < -0.39 is 12.0 Å². The van der Waals surface area contributed by atoms with Gasteiger partial charge in [0.25, 0.3) is 6.04 Å². The Bertz CT molecular complexity index is 160. The molecular weight excluding hydrogens is 124 g/mol. The lowest BCUT2D eigenvalue weighted by molar-refractivity contribution is -0.140. The molecule has 0 aromatic heterocycles. The van der Waals surface area contributed by atoms with Crippen LogP contribution in [0.3, 0.4) is 0 Å². The third-order valence-electron chi connectivity index (χ3n) is 0.652. The van der Waals surface area contributed by atoms with Crippen molar-refractivity contribution in [3.63, 3.8) is 0 Å². The lowest BCUT2D eigenvalue weighted by Crippen LogP contribution is -2.16. The number of hydrogen-bond donors (Lipinski definition) is 0. The Hall–Kier alpha value is -1.44. The monoisotopic (exact) mass is 128 g/mol. The number of carbonyl (C=O) groups is 1. The van der Waals surface area contributed by atoms with Crippen LogP contribution in [0.25, 0.3) is 0 Å². The summed E-state index contributed by atoms with van der Waals surface area (Å²) in [6.45, 7) is 0. The Morgan fingerprint density at radius 2 is 2.44 bits per heavy atom. The minimum absolute atomic E-state index is 0.924. The highest BCUT2D eigenvalue weighted by molar-refractivity contribution is 5.78. The molecule has 1 unspecified atom stereocenters. The van der Waals surface area contributed by atoms with Crippen LogP contribution in [0.15, 0.2) is 5.18 Å². The van der Waals surface area contributed by atoms with E-state index >= 15 is 0 Å². The van der Waals surface area contributed by atoms with E-state index in [0.717, 1.165) is 7.11 Å². The second-order valence-electron chi connectivity index (χ2n) is 1.16. The van der Waals surface area contributed by atoms with Gasteiger partial charge in [-0.1, -0.05) is 0 Å². The molecule has 0 aliphatic rings. The zero-order valence-corrected chi connectivity index (χ0v) is 4.70. The molecule has 0 saturated carbocycles. The second-order valence-corrected chi connectivity index (χ2v) is 1.16. The summed E-state index contributed by atoms with van der Waals surface area (Å²) in [6, 6.07) is -0.170. The second kappa shape index (κ2) is 3.55. The molecule has 0 N–H and O–H groups in total. The summed E-state index contributed by atoms with van der Waals surface area (Å²) in [6.07, 6.45) is 0. The summed E-state index contributed by atoms with van der Waals surface area (Å²) >= 11 is 0.